The van der Waals surface area contributed by atoms with Gasteiger partial charge in [-0.1, -0.05) is 13.8 Å². The number of ether oxygens (including phenoxy) is 1. The number of carbonyl (C=O) groups excluding carboxylic acids is 1. The molecule has 1 N–H and O–H groups in total. The van der Waals surface area contributed by atoms with Crippen molar-refractivity contribution < 1.29 is 14.6 Å². The van der Waals surface area contributed by atoms with Gasteiger partial charge in [0.2, 0.25) is 0 Å². The molecular formula is C11H18O3. The molecule has 3 nitrogen and oxygen atoms in total. The summed E-state index contributed by atoms with van der Waals surface area (Å²) in [5, 5.41) is 9.71. The summed E-state index contributed by atoms with van der Waals surface area (Å²) < 4.78 is 5.69. The SMILES string of the molecule is CC(=O)[C@@]12O[C@]1(C)C[C@@H](O)CC2(C)C. The van der Waals surface area contributed by atoms with E-state index >= 15 is 0 Å². The van der Waals surface area contributed by atoms with Crippen LogP contribution in [0.1, 0.15) is 40.5 Å². The van der Waals surface area contributed by atoms with E-state index in [1.165, 1.54) is 0 Å². The molecule has 0 spiro atoms. The fraction of sp³-hybridized carbons (Fsp3) is 0.909. The normalized spacial score (nSPS) is 49.6. The van der Waals surface area contributed by atoms with E-state index < -0.39 is 11.2 Å². The molecule has 80 valence electrons. The number of epoxide rings is 1. The monoisotopic (exact) mass is 198 g/mol. The second-order valence-electron chi connectivity index (χ2n) is 5.52. The molecule has 2 fully saturated rings. The van der Waals surface area contributed by atoms with Crippen LogP contribution in [0.3, 0.4) is 0 Å². The van der Waals surface area contributed by atoms with Crippen LogP contribution in [-0.4, -0.2) is 28.2 Å². The van der Waals surface area contributed by atoms with Gasteiger partial charge < -0.3 is 9.84 Å². The van der Waals surface area contributed by atoms with Crippen molar-refractivity contribution in [2.24, 2.45) is 5.41 Å². The van der Waals surface area contributed by atoms with Gasteiger partial charge in [0.1, 0.15) is 5.60 Å². The number of Topliss-reactive ketones (excluding diaryl/α,β-unsaturated/α-hetero) is 1. The largest absolute Gasteiger partial charge is 0.393 e. The summed E-state index contributed by atoms with van der Waals surface area (Å²) in [7, 11) is 0. The first-order chi connectivity index (χ1) is 6.25. The Labute approximate surface area is 84.4 Å². The predicted molar refractivity (Wildman–Crippen MR) is 51.9 cm³/mol. The maximum atomic E-state index is 11.7. The molecule has 2 rings (SSSR count). The van der Waals surface area contributed by atoms with Crippen molar-refractivity contribution in [1.82, 2.24) is 0 Å². The van der Waals surface area contributed by atoms with Gasteiger partial charge in [-0.15, -0.1) is 0 Å². The zero-order valence-corrected chi connectivity index (χ0v) is 9.26. The molecule has 3 heteroatoms. The fourth-order valence-electron chi connectivity index (χ4n) is 3.53. The number of hydrogen-bond donors (Lipinski definition) is 1. The molecule has 0 radical (unpaired) electrons. The van der Waals surface area contributed by atoms with Gasteiger partial charge in [0, 0.05) is 11.8 Å². The molecule has 1 aliphatic heterocycles. The molecule has 3 atom stereocenters. The number of hydrogen-bond acceptors (Lipinski definition) is 3. The van der Waals surface area contributed by atoms with Crippen LogP contribution in [0.15, 0.2) is 0 Å². The molecule has 2 aliphatic rings. The van der Waals surface area contributed by atoms with Crippen LogP contribution in [0.2, 0.25) is 0 Å². The molecule has 1 saturated carbocycles. The lowest BCUT2D eigenvalue weighted by Crippen LogP contribution is -2.51. The van der Waals surface area contributed by atoms with Crippen LogP contribution in [0.5, 0.6) is 0 Å². The van der Waals surface area contributed by atoms with Gasteiger partial charge in [0.05, 0.1) is 6.10 Å². The molecule has 14 heavy (non-hydrogen) atoms. The summed E-state index contributed by atoms with van der Waals surface area (Å²) >= 11 is 0. The van der Waals surface area contributed by atoms with E-state index in [1.807, 2.05) is 20.8 Å². The van der Waals surface area contributed by atoms with Crippen LogP contribution in [0, 0.1) is 5.41 Å². The molecule has 0 aromatic carbocycles. The maximum Gasteiger partial charge on any atom is 0.165 e. The fourth-order valence-corrected chi connectivity index (χ4v) is 3.53. The predicted octanol–water partition coefficient (Wildman–Crippen LogP) is 1.28. The van der Waals surface area contributed by atoms with E-state index in [0.717, 1.165) is 0 Å². The molecule has 0 aromatic heterocycles. The number of rotatable bonds is 1. The minimum atomic E-state index is -0.640. The van der Waals surface area contributed by atoms with E-state index in [4.69, 9.17) is 4.74 Å². The number of ketones is 1. The Balaban J connectivity index is 2.40. The van der Waals surface area contributed by atoms with Crippen molar-refractivity contribution in [1.29, 1.82) is 0 Å². The second kappa shape index (κ2) is 2.39. The number of fused-ring (bicyclic) bond motifs is 1. The van der Waals surface area contributed by atoms with Crippen molar-refractivity contribution in [3.8, 4) is 0 Å². The third kappa shape index (κ3) is 0.920. The highest BCUT2D eigenvalue weighted by atomic mass is 16.6. The first kappa shape index (κ1) is 10.1. The number of aliphatic hydroxyl groups excluding tert-OH is 1. The van der Waals surface area contributed by atoms with Gasteiger partial charge in [0.15, 0.2) is 11.4 Å². The van der Waals surface area contributed by atoms with Gasteiger partial charge >= 0.3 is 0 Å². The zero-order chi connectivity index (χ0) is 10.8. The first-order valence-electron chi connectivity index (χ1n) is 5.14. The quantitative estimate of drug-likeness (QED) is 0.646. The van der Waals surface area contributed by atoms with Crippen LogP contribution in [0.4, 0.5) is 0 Å². The number of aliphatic hydroxyl groups is 1. The van der Waals surface area contributed by atoms with Gasteiger partial charge in [-0.25, -0.2) is 0 Å². The Hall–Kier alpha value is -0.410. The zero-order valence-electron chi connectivity index (χ0n) is 9.26. The minimum absolute atomic E-state index is 0.0944. The summed E-state index contributed by atoms with van der Waals surface area (Å²) in [6.07, 6.45) is 0.878. The molecule has 0 amide bonds. The average Bonchev–Trinajstić information content (AvgIpc) is 2.54. The topological polar surface area (TPSA) is 49.8 Å². The van der Waals surface area contributed by atoms with Crippen LogP contribution < -0.4 is 0 Å². The van der Waals surface area contributed by atoms with Crippen LogP contribution >= 0.6 is 0 Å². The average molecular weight is 198 g/mol. The van der Waals surface area contributed by atoms with Crippen LogP contribution in [0.25, 0.3) is 0 Å². The highest BCUT2D eigenvalue weighted by Gasteiger charge is 2.78. The van der Waals surface area contributed by atoms with Gasteiger partial charge in [0.25, 0.3) is 0 Å². The Morgan fingerprint density at radius 2 is 1.93 bits per heavy atom. The summed E-state index contributed by atoms with van der Waals surface area (Å²) in [6.45, 7) is 7.52. The minimum Gasteiger partial charge on any atom is -0.393 e. The summed E-state index contributed by atoms with van der Waals surface area (Å²) in [6, 6.07) is 0. The first-order valence-corrected chi connectivity index (χ1v) is 5.14. The van der Waals surface area contributed by atoms with E-state index in [1.54, 1.807) is 6.92 Å². The maximum absolute atomic E-state index is 11.7. The lowest BCUT2D eigenvalue weighted by Gasteiger charge is -2.38. The van der Waals surface area contributed by atoms with E-state index in [-0.39, 0.29) is 17.3 Å². The molecule has 1 heterocycles. The molecule has 1 aliphatic carbocycles. The molecule has 0 bridgehead atoms. The molecule has 0 aromatic rings. The Morgan fingerprint density at radius 3 is 2.36 bits per heavy atom. The molecular weight excluding hydrogens is 180 g/mol. The van der Waals surface area contributed by atoms with Gasteiger partial charge in [-0.2, -0.15) is 0 Å². The summed E-state index contributed by atoms with van der Waals surface area (Å²) in [5.41, 5.74) is -1.33. The summed E-state index contributed by atoms with van der Waals surface area (Å²) in [4.78, 5) is 11.7. The van der Waals surface area contributed by atoms with Crippen molar-refractivity contribution in [2.45, 2.75) is 57.8 Å². The third-order valence-corrected chi connectivity index (χ3v) is 3.90. The standard InChI is InChI=1S/C11H18O3/c1-7(12)11-9(2,3)5-8(13)6-10(11,4)14-11/h8,13H,5-6H2,1-4H3/t8-,10+,11-/m0/s1. The lowest BCUT2D eigenvalue weighted by molar-refractivity contribution is -0.127. The van der Waals surface area contributed by atoms with E-state index in [2.05, 4.69) is 0 Å². The lowest BCUT2D eigenvalue weighted by atomic mass is 9.62. The van der Waals surface area contributed by atoms with Crippen molar-refractivity contribution in [3.05, 3.63) is 0 Å². The third-order valence-electron chi connectivity index (χ3n) is 3.90. The second-order valence-corrected chi connectivity index (χ2v) is 5.52. The highest BCUT2D eigenvalue weighted by molar-refractivity contribution is 5.91. The highest BCUT2D eigenvalue weighted by Crippen LogP contribution is 2.65. The summed E-state index contributed by atoms with van der Waals surface area (Å²) in [5.74, 6) is 0.0944. The van der Waals surface area contributed by atoms with E-state index in [9.17, 15) is 9.90 Å². The van der Waals surface area contributed by atoms with Gasteiger partial charge in [-0.05, 0) is 20.3 Å². The van der Waals surface area contributed by atoms with Crippen molar-refractivity contribution in [2.75, 3.05) is 0 Å². The van der Waals surface area contributed by atoms with Gasteiger partial charge in [-0.3, -0.25) is 4.79 Å². The van der Waals surface area contributed by atoms with E-state index in [0.29, 0.717) is 12.8 Å². The number of carbonyl (C=O) groups is 1. The van der Waals surface area contributed by atoms with Crippen molar-refractivity contribution in [3.63, 3.8) is 0 Å². The van der Waals surface area contributed by atoms with Crippen molar-refractivity contribution >= 4 is 5.78 Å². The van der Waals surface area contributed by atoms with Crippen LogP contribution in [-0.2, 0) is 9.53 Å². The Bertz CT molecular complexity index is 297. The molecule has 1 saturated heterocycles. The Kier molecular flexibility index (Phi) is 1.73. The Morgan fingerprint density at radius 1 is 1.36 bits per heavy atom. The smallest absolute Gasteiger partial charge is 0.165 e. The molecule has 0 unspecified atom stereocenters.